The Hall–Kier alpha value is -2.01. The minimum absolute atomic E-state index is 0.135. The molecule has 1 atom stereocenters. The van der Waals surface area contributed by atoms with Gasteiger partial charge in [0.25, 0.3) is 0 Å². The van der Waals surface area contributed by atoms with Crippen LogP contribution in [0.25, 0.3) is 11.1 Å². The summed E-state index contributed by atoms with van der Waals surface area (Å²) in [4.78, 5) is 0. The van der Waals surface area contributed by atoms with Crippen LogP contribution in [-0.2, 0) is 0 Å². The van der Waals surface area contributed by atoms with E-state index in [4.69, 9.17) is 5.73 Å². The second-order valence-corrected chi connectivity index (χ2v) is 4.49. The third kappa shape index (κ3) is 3.74. The van der Waals surface area contributed by atoms with Gasteiger partial charge in [0.2, 0.25) is 0 Å². The van der Waals surface area contributed by atoms with Crippen LogP contribution in [0.3, 0.4) is 0 Å². The van der Waals surface area contributed by atoms with E-state index in [1.807, 2.05) is 31.2 Å². The fraction of sp³-hybridized carbons (Fsp3) is 0.200. The molecule has 2 rings (SSSR count). The van der Waals surface area contributed by atoms with Gasteiger partial charge in [-0.2, -0.15) is 0 Å². The summed E-state index contributed by atoms with van der Waals surface area (Å²) in [6, 6.07) is 13.1. The molecule has 0 unspecified atom stereocenters. The van der Waals surface area contributed by atoms with Gasteiger partial charge in [0.05, 0.1) is 0 Å². The number of rotatable bonds is 3. The van der Waals surface area contributed by atoms with Crippen LogP contribution in [0.15, 0.2) is 48.5 Å². The molecule has 20 heavy (non-hydrogen) atoms. The second kappa shape index (κ2) is 5.54. The third-order valence-corrected chi connectivity index (χ3v) is 2.81. The van der Waals surface area contributed by atoms with Crippen molar-refractivity contribution in [2.75, 3.05) is 0 Å². The standard InChI is InChI=1S/C15H14F3NO/c1-10(19)11-4-2-5-12(8-11)13-6-3-7-14(9-13)20-15(16,17)18/h2-10H,19H2,1H3/t10-/m1/s1. The minimum Gasteiger partial charge on any atom is -0.406 e. The maximum absolute atomic E-state index is 12.2. The Balaban J connectivity index is 2.33. The predicted molar refractivity (Wildman–Crippen MR) is 71.2 cm³/mol. The Morgan fingerprint density at radius 3 is 2.20 bits per heavy atom. The van der Waals surface area contributed by atoms with E-state index in [9.17, 15) is 13.2 Å². The summed E-state index contributed by atoms with van der Waals surface area (Å²) in [7, 11) is 0. The molecule has 2 N–H and O–H groups in total. The molecule has 0 aliphatic carbocycles. The van der Waals surface area contributed by atoms with Crippen LogP contribution in [0.5, 0.6) is 5.75 Å². The molecule has 0 aromatic heterocycles. The van der Waals surface area contributed by atoms with E-state index in [2.05, 4.69) is 4.74 Å². The highest BCUT2D eigenvalue weighted by molar-refractivity contribution is 5.65. The lowest BCUT2D eigenvalue weighted by Crippen LogP contribution is -2.17. The normalized spacial score (nSPS) is 13.1. The molecule has 0 saturated carbocycles. The highest BCUT2D eigenvalue weighted by Gasteiger charge is 2.31. The SMILES string of the molecule is C[C@@H](N)c1cccc(-c2cccc(OC(F)(F)F)c2)c1. The van der Waals surface area contributed by atoms with Gasteiger partial charge in [-0.1, -0.05) is 30.3 Å². The van der Waals surface area contributed by atoms with Crippen molar-refractivity contribution in [1.82, 2.24) is 0 Å². The molecule has 2 aromatic carbocycles. The van der Waals surface area contributed by atoms with Crippen LogP contribution in [0, 0.1) is 0 Å². The summed E-state index contributed by atoms with van der Waals surface area (Å²) in [6.45, 7) is 1.85. The van der Waals surface area contributed by atoms with E-state index in [-0.39, 0.29) is 11.8 Å². The van der Waals surface area contributed by atoms with Crippen LogP contribution in [0.4, 0.5) is 13.2 Å². The molecule has 0 fully saturated rings. The summed E-state index contributed by atoms with van der Waals surface area (Å²) in [5, 5.41) is 0. The van der Waals surface area contributed by atoms with Crippen LogP contribution in [0.2, 0.25) is 0 Å². The summed E-state index contributed by atoms with van der Waals surface area (Å²) in [5.41, 5.74) is 8.17. The van der Waals surface area contributed by atoms with Gasteiger partial charge in [-0.15, -0.1) is 13.2 Å². The number of benzene rings is 2. The lowest BCUT2D eigenvalue weighted by molar-refractivity contribution is -0.274. The number of ether oxygens (including phenoxy) is 1. The molecule has 0 bridgehead atoms. The molecule has 106 valence electrons. The smallest absolute Gasteiger partial charge is 0.406 e. The topological polar surface area (TPSA) is 35.2 Å². The van der Waals surface area contributed by atoms with Crippen molar-refractivity contribution in [2.45, 2.75) is 19.3 Å². The maximum Gasteiger partial charge on any atom is 0.573 e. The van der Waals surface area contributed by atoms with E-state index in [1.54, 1.807) is 6.07 Å². The minimum atomic E-state index is -4.69. The Bertz CT molecular complexity index is 594. The van der Waals surface area contributed by atoms with Crippen molar-refractivity contribution in [3.63, 3.8) is 0 Å². The van der Waals surface area contributed by atoms with E-state index in [0.717, 1.165) is 11.1 Å². The number of hydrogen-bond donors (Lipinski definition) is 1. The molecule has 2 nitrogen and oxygen atoms in total. The molecular formula is C15H14F3NO. The van der Waals surface area contributed by atoms with E-state index < -0.39 is 6.36 Å². The van der Waals surface area contributed by atoms with Gasteiger partial charge >= 0.3 is 6.36 Å². The highest BCUT2D eigenvalue weighted by atomic mass is 19.4. The first-order valence-electron chi connectivity index (χ1n) is 6.07. The lowest BCUT2D eigenvalue weighted by atomic mass is 10.0. The zero-order valence-electron chi connectivity index (χ0n) is 10.8. The first-order valence-corrected chi connectivity index (χ1v) is 6.07. The van der Waals surface area contributed by atoms with Gasteiger partial charge in [-0.25, -0.2) is 0 Å². The zero-order chi connectivity index (χ0) is 14.8. The van der Waals surface area contributed by atoms with Crippen molar-refractivity contribution < 1.29 is 17.9 Å². The first kappa shape index (κ1) is 14.4. The zero-order valence-corrected chi connectivity index (χ0v) is 10.8. The monoisotopic (exact) mass is 281 g/mol. The van der Waals surface area contributed by atoms with E-state index >= 15 is 0 Å². The maximum atomic E-state index is 12.2. The van der Waals surface area contributed by atoms with Crippen molar-refractivity contribution in [2.24, 2.45) is 5.73 Å². The first-order chi connectivity index (χ1) is 9.35. The fourth-order valence-corrected chi connectivity index (χ4v) is 1.87. The van der Waals surface area contributed by atoms with Crippen molar-refractivity contribution in [3.05, 3.63) is 54.1 Å². The van der Waals surface area contributed by atoms with Crippen molar-refractivity contribution >= 4 is 0 Å². The molecule has 0 saturated heterocycles. The van der Waals surface area contributed by atoms with Crippen LogP contribution in [-0.4, -0.2) is 6.36 Å². The number of hydrogen-bond acceptors (Lipinski definition) is 2. The average molecular weight is 281 g/mol. The average Bonchev–Trinajstić information content (AvgIpc) is 2.37. The number of alkyl halides is 3. The molecule has 2 aromatic rings. The molecule has 0 radical (unpaired) electrons. The number of halogens is 3. The Labute approximate surface area is 115 Å². The molecule has 0 aliphatic heterocycles. The van der Waals surface area contributed by atoms with Crippen LogP contribution >= 0.6 is 0 Å². The summed E-state index contributed by atoms with van der Waals surface area (Å²) >= 11 is 0. The van der Waals surface area contributed by atoms with Gasteiger partial charge in [-0.3, -0.25) is 0 Å². The van der Waals surface area contributed by atoms with Gasteiger partial charge < -0.3 is 10.5 Å². The van der Waals surface area contributed by atoms with Gasteiger partial charge in [0.15, 0.2) is 0 Å². The number of nitrogens with two attached hydrogens (primary N) is 1. The van der Waals surface area contributed by atoms with Gasteiger partial charge in [0.1, 0.15) is 5.75 Å². The second-order valence-electron chi connectivity index (χ2n) is 4.49. The van der Waals surface area contributed by atoms with Crippen molar-refractivity contribution in [1.29, 1.82) is 0 Å². The largest absolute Gasteiger partial charge is 0.573 e. The van der Waals surface area contributed by atoms with Gasteiger partial charge in [-0.05, 0) is 41.8 Å². The highest BCUT2D eigenvalue weighted by Crippen LogP contribution is 2.28. The molecule has 5 heteroatoms. The van der Waals surface area contributed by atoms with E-state index in [0.29, 0.717) is 5.56 Å². The van der Waals surface area contributed by atoms with E-state index in [1.165, 1.54) is 18.2 Å². The Kier molecular flexibility index (Phi) is 3.99. The Morgan fingerprint density at radius 1 is 1.00 bits per heavy atom. The predicted octanol–water partition coefficient (Wildman–Crippen LogP) is 4.27. The van der Waals surface area contributed by atoms with Gasteiger partial charge in [0, 0.05) is 6.04 Å². The summed E-state index contributed by atoms with van der Waals surface area (Å²) in [5.74, 6) is -0.235. The summed E-state index contributed by atoms with van der Waals surface area (Å²) < 4.78 is 40.5. The molecule has 0 heterocycles. The lowest BCUT2D eigenvalue weighted by Gasteiger charge is -2.11. The molecule has 0 aliphatic rings. The molecule has 0 amide bonds. The fourth-order valence-electron chi connectivity index (χ4n) is 1.87. The van der Waals surface area contributed by atoms with Crippen LogP contribution < -0.4 is 10.5 Å². The third-order valence-electron chi connectivity index (χ3n) is 2.81. The summed E-state index contributed by atoms with van der Waals surface area (Å²) in [6.07, 6.45) is -4.69. The molecule has 0 spiro atoms. The van der Waals surface area contributed by atoms with Crippen molar-refractivity contribution in [3.8, 4) is 16.9 Å². The van der Waals surface area contributed by atoms with Crippen LogP contribution in [0.1, 0.15) is 18.5 Å². The molecular weight excluding hydrogens is 267 g/mol. The quantitative estimate of drug-likeness (QED) is 0.911. The Morgan fingerprint density at radius 2 is 1.60 bits per heavy atom.